The van der Waals surface area contributed by atoms with Gasteiger partial charge in [0.1, 0.15) is 0 Å². The molecule has 4 heteroatoms. The van der Waals surface area contributed by atoms with Crippen LogP contribution in [0.5, 0.6) is 0 Å². The Kier molecular flexibility index (Phi) is 7.98. The van der Waals surface area contributed by atoms with Crippen molar-refractivity contribution in [2.24, 2.45) is 0 Å². The first-order valence-corrected chi connectivity index (χ1v) is 8.57. The third-order valence-corrected chi connectivity index (χ3v) is 4.46. The number of aryl methyl sites for hydroxylation is 1. The van der Waals surface area contributed by atoms with Crippen LogP contribution in [0.4, 0.5) is 5.69 Å². The van der Waals surface area contributed by atoms with Gasteiger partial charge in [-0.15, -0.1) is 12.4 Å². The minimum Gasteiger partial charge on any atom is -0.399 e. The van der Waals surface area contributed by atoms with Gasteiger partial charge in [-0.1, -0.05) is 62.4 Å². The van der Waals surface area contributed by atoms with E-state index < -0.39 is 0 Å². The molecular weight excluding hydrogens is 332 g/mol. The van der Waals surface area contributed by atoms with Crippen LogP contribution < -0.4 is 11.1 Å². The van der Waals surface area contributed by atoms with Gasteiger partial charge in [-0.3, -0.25) is 4.79 Å². The second kappa shape index (κ2) is 9.47. The van der Waals surface area contributed by atoms with E-state index in [9.17, 15) is 4.79 Å². The maximum absolute atomic E-state index is 12.2. The van der Waals surface area contributed by atoms with Crippen LogP contribution in [-0.4, -0.2) is 11.9 Å². The molecule has 2 aromatic carbocycles. The predicted octanol–water partition coefficient (Wildman–Crippen LogP) is 4.50. The SMILES string of the molecule is CC(CC(C)(C)c1ccccc1)NC(=O)CCc1ccccc1N.Cl. The Morgan fingerprint density at radius 3 is 2.32 bits per heavy atom. The van der Waals surface area contributed by atoms with Gasteiger partial charge in [-0.05, 0) is 42.4 Å². The quantitative estimate of drug-likeness (QED) is 0.714. The van der Waals surface area contributed by atoms with Gasteiger partial charge in [0.25, 0.3) is 0 Å². The molecule has 3 nitrogen and oxygen atoms in total. The van der Waals surface area contributed by atoms with E-state index >= 15 is 0 Å². The van der Waals surface area contributed by atoms with E-state index in [0.717, 1.165) is 17.7 Å². The maximum Gasteiger partial charge on any atom is 0.220 e. The van der Waals surface area contributed by atoms with Crippen molar-refractivity contribution in [3.63, 3.8) is 0 Å². The fourth-order valence-corrected chi connectivity index (χ4v) is 3.18. The molecule has 0 radical (unpaired) electrons. The number of rotatable bonds is 7. The van der Waals surface area contributed by atoms with E-state index in [1.807, 2.05) is 30.3 Å². The zero-order valence-electron chi connectivity index (χ0n) is 15.3. The summed E-state index contributed by atoms with van der Waals surface area (Å²) in [7, 11) is 0. The van der Waals surface area contributed by atoms with Crippen LogP contribution >= 0.6 is 12.4 Å². The molecule has 2 aromatic rings. The molecule has 0 aliphatic heterocycles. The summed E-state index contributed by atoms with van der Waals surface area (Å²) in [5.74, 6) is 0.0783. The summed E-state index contributed by atoms with van der Waals surface area (Å²) in [4.78, 5) is 12.2. The van der Waals surface area contributed by atoms with Crippen LogP contribution in [0.2, 0.25) is 0 Å². The molecule has 0 saturated carbocycles. The number of amides is 1. The van der Waals surface area contributed by atoms with Crippen molar-refractivity contribution in [2.75, 3.05) is 5.73 Å². The number of carbonyl (C=O) groups is 1. The molecule has 0 spiro atoms. The lowest BCUT2D eigenvalue weighted by molar-refractivity contribution is -0.121. The van der Waals surface area contributed by atoms with Crippen LogP contribution in [0.3, 0.4) is 0 Å². The first-order chi connectivity index (χ1) is 11.4. The predicted molar refractivity (Wildman–Crippen MR) is 108 cm³/mol. The molecule has 0 heterocycles. The van der Waals surface area contributed by atoms with Crippen LogP contribution in [-0.2, 0) is 16.6 Å². The summed E-state index contributed by atoms with van der Waals surface area (Å²) in [5, 5.41) is 3.12. The van der Waals surface area contributed by atoms with Crippen molar-refractivity contribution in [2.45, 2.75) is 51.5 Å². The molecule has 1 amide bonds. The molecule has 2 rings (SSSR count). The van der Waals surface area contributed by atoms with E-state index in [-0.39, 0.29) is 29.8 Å². The number of anilines is 1. The number of halogens is 1. The average Bonchev–Trinajstić information content (AvgIpc) is 2.54. The first-order valence-electron chi connectivity index (χ1n) is 8.57. The van der Waals surface area contributed by atoms with Gasteiger partial charge in [-0.25, -0.2) is 0 Å². The van der Waals surface area contributed by atoms with Crippen molar-refractivity contribution in [3.05, 3.63) is 65.7 Å². The minimum absolute atomic E-state index is 0. The number of para-hydroxylation sites is 1. The highest BCUT2D eigenvalue weighted by Crippen LogP contribution is 2.28. The number of benzene rings is 2. The number of nitrogens with one attached hydrogen (secondary N) is 1. The molecule has 1 atom stereocenters. The van der Waals surface area contributed by atoms with Gasteiger partial charge in [0.15, 0.2) is 0 Å². The Morgan fingerprint density at radius 1 is 1.08 bits per heavy atom. The fourth-order valence-electron chi connectivity index (χ4n) is 3.18. The van der Waals surface area contributed by atoms with Gasteiger partial charge < -0.3 is 11.1 Å². The second-order valence-corrected chi connectivity index (χ2v) is 7.12. The van der Waals surface area contributed by atoms with Crippen LogP contribution in [0, 0.1) is 0 Å². The molecular formula is C21H29ClN2O. The Balaban J connectivity index is 0.00000312. The molecule has 25 heavy (non-hydrogen) atoms. The lowest BCUT2D eigenvalue weighted by Crippen LogP contribution is -2.37. The van der Waals surface area contributed by atoms with Crippen molar-refractivity contribution >= 4 is 24.0 Å². The zero-order chi connectivity index (χ0) is 17.6. The van der Waals surface area contributed by atoms with E-state index in [0.29, 0.717) is 12.8 Å². The third kappa shape index (κ3) is 6.43. The summed E-state index contributed by atoms with van der Waals surface area (Å²) in [6, 6.07) is 18.3. The Hall–Kier alpha value is -2.00. The lowest BCUT2D eigenvalue weighted by Gasteiger charge is -2.29. The minimum atomic E-state index is 0. The standard InChI is InChI=1S/C21H28N2O.ClH/c1-16(15-21(2,3)18-10-5-4-6-11-18)23-20(24)14-13-17-9-7-8-12-19(17)22;/h4-12,16H,13-15,22H2,1-3H3,(H,23,24);1H. The summed E-state index contributed by atoms with van der Waals surface area (Å²) in [6.45, 7) is 6.50. The first kappa shape index (κ1) is 21.0. The van der Waals surface area contributed by atoms with Gasteiger partial charge in [0.05, 0.1) is 0 Å². The molecule has 0 aliphatic rings. The number of hydrogen-bond donors (Lipinski definition) is 2. The number of carbonyl (C=O) groups excluding carboxylic acids is 1. The normalized spacial score (nSPS) is 12.1. The van der Waals surface area contributed by atoms with E-state index in [1.165, 1.54) is 5.56 Å². The van der Waals surface area contributed by atoms with Crippen molar-refractivity contribution in [1.82, 2.24) is 5.32 Å². The lowest BCUT2D eigenvalue weighted by atomic mass is 9.79. The largest absolute Gasteiger partial charge is 0.399 e. The Labute approximate surface area is 157 Å². The summed E-state index contributed by atoms with van der Waals surface area (Å²) < 4.78 is 0. The van der Waals surface area contributed by atoms with E-state index in [2.05, 4.69) is 50.4 Å². The van der Waals surface area contributed by atoms with E-state index in [4.69, 9.17) is 5.73 Å². The van der Waals surface area contributed by atoms with E-state index in [1.54, 1.807) is 0 Å². The molecule has 136 valence electrons. The third-order valence-electron chi connectivity index (χ3n) is 4.46. The molecule has 1 unspecified atom stereocenters. The van der Waals surface area contributed by atoms with Crippen molar-refractivity contribution < 1.29 is 4.79 Å². The monoisotopic (exact) mass is 360 g/mol. The number of hydrogen-bond acceptors (Lipinski definition) is 2. The van der Waals surface area contributed by atoms with Gasteiger partial charge in [0.2, 0.25) is 5.91 Å². The molecule has 0 aromatic heterocycles. The topological polar surface area (TPSA) is 55.1 Å². The average molecular weight is 361 g/mol. The molecule has 0 aliphatic carbocycles. The number of nitrogen functional groups attached to an aromatic ring is 1. The van der Waals surface area contributed by atoms with Gasteiger partial charge in [-0.2, -0.15) is 0 Å². The van der Waals surface area contributed by atoms with Gasteiger partial charge in [0, 0.05) is 18.2 Å². The van der Waals surface area contributed by atoms with Crippen molar-refractivity contribution in [3.8, 4) is 0 Å². The van der Waals surface area contributed by atoms with Crippen LogP contribution in [0.15, 0.2) is 54.6 Å². The van der Waals surface area contributed by atoms with Gasteiger partial charge >= 0.3 is 0 Å². The second-order valence-electron chi connectivity index (χ2n) is 7.12. The summed E-state index contributed by atoms with van der Waals surface area (Å²) >= 11 is 0. The zero-order valence-corrected chi connectivity index (χ0v) is 16.1. The molecule has 0 saturated heterocycles. The summed E-state index contributed by atoms with van der Waals surface area (Å²) in [6.07, 6.45) is 2.04. The Bertz CT molecular complexity index is 671. The Morgan fingerprint density at radius 2 is 1.68 bits per heavy atom. The van der Waals surface area contributed by atoms with Crippen LogP contribution in [0.1, 0.15) is 44.7 Å². The molecule has 3 N–H and O–H groups in total. The highest BCUT2D eigenvalue weighted by molar-refractivity contribution is 5.85. The molecule has 0 bridgehead atoms. The highest BCUT2D eigenvalue weighted by Gasteiger charge is 2.23. The van der Waals surface area contributed by atoms with Crippen molar-refractivity contribution in [1.29, 1.82) is 0 Å². The van der Waals surface area contributed by atoms with Crippen LogP contribution in [0.25, 0.3) is 0 Å². The number of nitrogens with two attached hydrogens (primary N) is 1. The fraction of sp³-hybridized carbons (Fsp3) is 0.381. The summed E-state index contributed by atoms with van der Waals surface area (Å²) in [5.41, 5.74) is 9.03. The smallest absolute Gasteiger partial charge is 0.220 e. The molecule has 0 fully saturated rings. The highest BCUT2D eigenvalue weighted by atomic mass is 35.5. The maximum atomic E-state index is 12.2.